The van der Waals surface area contributed by atoms with Crippen molar-refractivity contribution in [2.45, 2.75) is 52.5 Å². The van der Waals surface area contributed by atoms with Gasteiger partial charge in [0.05, 0.1) is 0 Å². The standard InChI is InChI=1S/C17H24N2/c1-10-7-11(2)17-14(12(3)19-16(17)8-10)9-13-5-4-6-15(13)18/h7-8,13,15,19H,4-6,9,18H2,1-3H3. The van der Waals surface area contributed by atoms with E-state index in [0.717, 1.165) is 6.42 Å². The highest BCUT2D eigenvalue weighted by atomic mass is 14.7. The third kappa shape index (κ3) is 2.18. The quantitative estimate of drug-likeness (QED) is 0.844. The SMILES string of the molecule is Cc1cc(C)c2c(CC3CCCC3N)c(C)[nH]c2c1. The molecule has 19 heavy (non-hydrogen) atoms. The molecule has 2 heteroatoms. The predicted molar refractivity (Wildman–Crippen MR) is 81.5 cm³/mol. The maximum Gasteiger partial charge on any atom is 0.0464 e. The van der Waals surface area contributed by atoms with Crippen molar-refractivity contribution < 1.29 is 0 Å². The number of aromatic nitrogens is 1. The molecule has 2 unspecified atom stereocenters. The number of H-pyrrole nitrogens is 1. The maximum absolute atomic E-state index is 6.24. The Bertz CT molecular complexity index is 609. The van der Waals surface area contributed by atoms with Gasteiger partial charge in [-0.1, -0.05) is 12.5 Å². The number of rotatable bonds is 2. The molecule has 1 saturated carbocycles. The van der Waals surface area contributed by atoms with Gasteiger partial charge < -0.3 is 10.7 Å². The average molecular weight is 256 g/mol. The smallest absolute Gasteiger partial charge is 0.0464 e. The Balaban J connectivity index is 2.05. The van der Waals surface area contributed by atoms with Crippen LogP contribution in [0.25, 0.3) is 10.9 Å². The maximum atomic E-state index is 6.24. The highest BCUT2D eigenvalue weighted by molar-refractivity contribution is 5.88. The summed E-state index contributed by atoms with van der Waals surface area (Å²) < 4.78 is 0. The molecular formula is C17H24N2. The zero-order valence-electron chi connectivity index (χ0n) is 12.2. The van der Waals surface area contributed by atoms with Crippen LogP contribution in [0.15, 0.2) is 12.1 Å². The van der Waals surface area contributed by atoms with Gasteiger partial charge in [0, 0.05) is 22.6 Å². The third-order valence-corrected chi connectivity index (χ3v) is 4.74. The minimum atomic E-state index is 0.398. The van der Waals surface area contributed by atoms with E-state index in [1.807, 2.05) is 0 Å². The molecule has 0 spiro atoms. The van der Waals surface area contributed by atoms with E-state index in [1.165, 1.54) is 52.5 Å². The van der Waals surface area contributed by atoms with E-state index in [9.17, 15) is 0 Å². The molecule has 0 radical (unpaired) electrons. The zero-order chi connectivity index (χ0) is 13.6. The number of aromatic amines is 1. The summed E-state index contributed by atoms with van der Waals surface area (Å²) in [6.07, 6.45) is 4.92. The molecule has 0 aliphatic heterocycles. The minimum absolute atomic E-state index is 0.398. The number of benzene rings is 1. The van der Waals surface area contributed by atoms with E-state index in [4.69, 9.17) is 5.73 Å². The van der Waals surface area contributed by atoms with E-state index in [0.29, 0.717) is 12.0 Å². The molecule has 0 amide bonds. The van der Waals surface area contributed by atoms with Crippen LogP contribution in [-0.4, -0.2) is 11.0 Å². The molecule has 3 N–H and O–H groups in total. The van der Waals surface area contributed by atoms with Gasteiger partial charge in [-0.25, -0.2) is 0 Å². The summed E-state index contributed by atoms with van der Waals surface area (Å²) in [6, 6.07) is 4.94. The molecular weight excluding hydrogens is 232 g/mol. The third-order valence-electron chi connectivity index (χ3n) is 4.74. The largest absolute Gasteiger partial charge is 0.358 e. The van der Waals surface area contributed by atoms with Crippen LogP contribution in [0.4, 0.5) is 0 Å². The van der Waals surface area contributed by atoms with Crippen LogP contribution >= 0.6 is 0 Å². The molecule has 1 aromatic heterocycles. The fourth-order valence-electron chi connectivity index (χ4n) is 3.77. The van der Waals surface area contributed by atoms with Crippen LogP contribution < -0.4 is 5.73 Å². The Morgan fingerprint density at radius 3 is 2.68 bits per heavy atom. The van der Waals surface area contributed by atoms with Crippen LogP contribution in [0.1, 0.15) is 41.6 Å². The van der Waals surface area contributed by atoms with Gasteiger partial charge in [0.25, 0.3) is 0 Å². The molecule has 1 aromatic carbocycles. The van der Waals surface area contributed by atoms with Crippen molar-refractivity contribution in [3.05, 3.63) is 34.5 Å². The van der Waals surface area contributed by atoms with E-state index < -0.39 is 0 Å². The normalized spacial score (nSPS) is 23.4. The first kappa shape index (κ1) is 12.7. The number of hydrogen-bond donors (Lipinski definition) is 2. The van der Waals surface area contributed by atoms with Gasteiger partial charge in [-0.2, -0.15) is 0 Å². The summed E-state index contributed by atoms with van der Waals surface area (Å²) >= 11 is 0. The second-order valence-electron chi connectivity index (χ2n) is 6.29. The van der Waals surface area contributed by atoms with Gasteiger partial charge in [-0.3, -0.25) is 0 Å². The predicted octanol–water partition coefficient (Wildman–Crippen LogP) is 3.76. The van der Waals surface area contributed by atoms with Crippen molar-refractivity contribution >= 4 is 10.9 Å². The highest BCUT2D eigenvalue weighted by Crippen LogP contribution is 2.33. The Kier molecular flexibility index (Phi) is 3.14. The molecule has 3 rings (SSSR count). The molecule has 1 aliphatic rings. The zero-order valence-corrected chi connectivity index (χ0v) is 12.2. The topological polar surface area (TPSA) is 41.8 Å². The summed E-state index contributed by atoms with van der Waals surface area (Å²) in [4.78, 5) is 3.56. The molecule has 2 atom stereocenters. The molecule has 1 aliphatic carbocycles. The van der Waals surface area contributed by atoms with E-state index in [1.54, 1.807) is 0 Å². The van der Waals surface area contributed by atoms with Crippen LogP contribution in [0, 0.1) is 26.7 Å². The number of hydrogen-bond acceptors (Lipinski definition) is 1. The molecule has 1 fully saturated rings. The first-order valence-corrected chi connectivity index (χ1v) is 7.40. The Hall–Kier alpha value is -1.28. The lowest BCUT2D eigenvalue weighted by molar-refractivity contribution is 0.479. The second-order valence-corrected chi connectivity index (χ2v) is 6.29. The Morgan fingerprint density at radius 2 is 2.00 bits per heavy atom. The first-order chi connectivity index (χ1) is 9.06. The Labute approximate surface area is 115 Å². The Morgan fingerprint density at radius 1 is 1.21 bits per heavy atom. The lowest BCUT2D eigenvalue weighted by Crippen LogP contribution is -2.26. The molecule has 0 bridgehead atoms. The highest BCUT2D eigenvalue weighted by Gasteiger charge is 2.26. The molecule has 1 heterocycles. The summed E-state index contributed by atoms with van der Waals surface area (Å²) in [5, 5.41) is 1.43. The monoisotopic (exact) mass is 256 g/mol. The molecule has 102 valence electrons. The number of aryl methyl sites for hydroxylation is 3. The molecule has 0 saturated heterocycles. The van der Waals surface area contributed by atoms with Crippen LogP contribution in [0.2, 0.25) is 0 Å². The van der Waals surface area contributed by atoms with Gasteiger partial charge in [0.1, 0.15) is 0 Å². The fraction of sp³-hybridized carbons (Fsp3) is 0.529. The number of nitrogens with two attached hydrogens (primary N) is 1. The summed E-state index contributed by atoms with van der Waals surface area (Å²) in [5.41, 5.74) is 13.1. The summed E-state index contributed by atoms with van der Waals surface area (Å²) in [5.74, 6) is 0.665. The van der Waals surface area contributed by atoms with Gasteiger partial charge in [0.15, 0.2) is 0 Å². The fourth-order valence-corrected chi connectivity index (χ4v) is 3.77. The van der Waals surface area contributed by atoms with Gasteiger partial charge in [-0.15, -0.1) is 0 Å². The van der Waals surface area contributed by atoms with E-state index >= 15 is 0 Å². The summed E-state index contributed by atoms with van der Waals surface area (Å²) in [6.45, 7) is 6.58. The van der Waals surface area contributed by atoms with Crippen molar-refractivity contribution in [1.82, 2.24) is 4.98 Å². The second kappa shape index (κ2) is 4.68. The lowest BCUT2D eigenvalue weighted by Gasteiger charge is -2.16. The van der Waals surface area contributed by atoms with Crippen molar-refractivity contribution in [3.63, 3.8) is 0 Å². The van der Waals surface area contributed by atoms with Gasteiger partial charge >= 0.3 is 0 Å². The summed E-state index contributed by atoms with van der Waals surface area (Å²) in [7, 11) is 0. The minimum Gasteiger partial charge on any atom is -0.358 e. The van der Waals surface area contributed by atoms with E-state index in [2.05, 4.69) is 37.9 Å². The number of fused-ring (bicyclic) bond motifs is 1. The van der Waals surface area contributed by atoms with Crippen LogP contribution in [0.3, 0.4) is 0 Å². The molecule has 2 nitrogen and oxygen atoms in total. The van der Waals surface area contributed by atoms with Crippen molar-refractivity contribution in [2.24, 2.45) is 11.7 Å². The average Bonchev–Trinajstić information content (AvgIpc) is 2.85. The van der Waals surface area contributed by atoms with Crippen molar-refractivity contribution in [1.29, 1.82) is 0 Å². The van der Waals surface area contributed by atoms with E-state index in [-0.39, 0.29) is 0 Å². The van der Waals surface area contributed by atoms with Crippen LogP contribution in [0.5, 0.6) is 0 Å². The first-order valence-electron chi connectivity index (χ1n) is 7.40. The van der Waals surface area contributed by atoms with Gasteiger partial charge in [0.2, 0.25) is 0 Å². The lowest BCUT2D eigenvalue weighted by atomic mass is 9.92. The number of nitrogens with one attached hydrogen (secondary N) is 1. The van der Waals surface area contributed by atoms with Crippen molar-refractivity contribution in [3.8, 4) is 0 Å². The molecule has 2 aromatic rings. The van der Waals surface area contributed by atoms with Crippen molar-refractivity contribution in [2.75, 3.05) is 0 Å². The van der Waals surface area contributed by atoms with Gasteiger partial charge in [-0.05, 0) is 68.7 Å². The van der Waals surface area contributed by atoms with Crippen LogP contribution in [-0.2, 0) is 6.42 Å².